The summed E-state index contributed by atoms with van der Waals surface area (Å²) in [5, 5.41) is 2.75. The highest BCUT2D eigenvalue weighted by Crippen LogP contribution is 2.36. The third kappa shape index (κ3) is 2.69. The zero-order chi connectivity index (χ0) is 16.0. The number of carbonyl (C=O) groups excluding carboxylic acids is 1. The molecule has 2 aromatic rings. The molecular weight excluding hydrogens is 318 g/mol. The molecule has 1 saturated heterocycles. The summed E-state index contributed by atoms with van der Waals surface area (Å²) in [5.41, 5.74) is 0.840. The fourth-order valence-electron chi connectivity index (χ4n) is 2.44. The van der Waals surface area contributed by atoms with Crippen molar-refractivity contribution in [2.75, 3.05) is 17.7 Å². The topological polar surface area (TPSA) is 85.0 Å². The maximum atomic E-state index is 12.3. The minimum absolute atomic E-state index is 0.0609. The Morgan fingerprint density at radius 2 is 1.91 bits per heavy atom. The Balaban J connectivity index is 1.77. The lowest BCUT2D eigenvalue weighted by atomic mass is 10.2. The summed E-state index contributed by atoms with van der Waals surface area (Å²) >= 11 is 0. The first-order valence-electron chi connectivity index (χ1n) is 7.09. The van der Waals surface area contributed by atoms with Crippen LogP contribution in [0.15, 0.2) is 47.4 Å². The second-order valence-corrected chi connectivity index (χ2v) is 7.48. The molecule has 2 aliphatic heterocycles. The summed E-state index contributed by atoms with van der Waals surface area (Å²) in [4.78, 5) is 12.4. The van der Waals surface area contributed by atoms with Crippen LogP contribution in [0.3, 0.4) is 0 Å². The first-order chi connectivity index (χ1) is 11.0. The van der Waals surface area contributed by atoms with E-state index in [4.69, 9.17) is 9.47 Å². The van der Waals surface area contributed by atoms with E-state index < -0.39 is 9.84 Å². The Kier molecular flexibility index (Phi) is 3.14. The maximum Gasteiger partial charge on any atom is 0.259 e. The molecule has 0 bridgehead atoms. The maximum absolute atomic E-state index is 12.3. The van der Waals surface area contributed by atoms with Gasteiger partial charge in [-0.25, -0.2) is 8.42 Å². The van der Waals surface area contributed by atoms with Crippen molar-refractivity contribution < 1.29 is 22.7 Å². The number of hydrogen-bond donors (Lipinski definition) is 1. The fourth-order valence-corrected chi connectivity index (χ4v) is 3.88. The van der Waals surface area contributed by atoms with Crippen molar-refractivity contribution in [2.45, 2.75) is 11.0 Å². The molecule has 0 saturated carbocycles. The van der Waals surface area contributed by atoms with Crippen LogP contribution < -0.4 is 10.1 Å². The first kappa shape index (κ1) is 14.2. The standard InChI is InChI=1S/C16H13NO5S/c18-16-12-6-5-11(23(19,20)9-10-8-21-10)7-15(12)22-14-4-2-1-3-13(14)17-16/h1-7,10H,8-9H2,(H,17,18). The van der Waals surface area contributed by atoms with E-state index in [1.807, 2.05) is 0 Å². The van der Waals surface area contributed by atoms with E-state index in [9.17, 15) is 13.2 Å². The van der Waals surface area contributed by atoms with E-state index in [2.05, 4.69) is 5.32 Å². The molecule has 0 aromatic heterocycles. The number of anilines is 1. The summed E-state index contributed by atoms with van der Waals surface area (Å²) in [5.74, 6) is 0.304. The second kappa shape index (κ2) is 5.07. The third-order valence-electron chi connectivity index (χ3n) is 3.72. The average Bonchev–Trinajstić information content (AvgIpc) is 3.33. The van der Waals surface area contributed by atoms with Crippen LogP contribution in [-0.4, -0.2) is 32.8 Å². The SMILES string of the molecule is O=C1Nc2ccccc2Oc2cc(S(=O)(=O)CC3CO3)ccc21. The summed E-state index contributed by atoms with van der Waals surface area (Å²) in [7, 11) is -3.47. The van der Waals surface area contributed by atoms with Crippen molar-refractivity contribution in [3.63, 3.8) is 0 Å². The van der Waals surface area contributed by atoms with Crippen molar-refractivity contribution in [3.05, 3.63) is 48.0 Å². The van der Waals surface area contributed by atoms with E-state index >= 15 is 0 Å². The molecule has 0 radical (unpaired) electrons. The predicted molar refractivity (Wildman–Crippen MR) is 82.7 cm³/mol. The number of benzene rings is 2. The molecule has 1 fully saturated rings. The van der Waals surface area contributed by atoms with Gasteiger partial charge in [0.05, 0.1) is 34.6 Å². The van der Waals surface area contributed by atoms with Crippen molar-refractivity contribution in [3.8, 4) is 11.5 Å². The Hall–Kier alpha value is -2.38. The molecule has 1 N–H and O–H groups in total. The summed E-state index contributed by atoms with van der Waals surface area (Å²) < 4.78 is 35.4. The monoisotopic (exact) mass is 331 g/mol. The number of amides is 1. The van der Waals surface area contributed by atoms with Gasteiger partial charge in [-0.15, -0.1) is 0 Å². The highest BCUT2D eigenvalue weighted by Gasteiger charge is 2.31. The average molecular weight is 331 g/mol. The second-order valence-electron chi connectivity index (χ2n) is 5.45. The third-order valence-corrected chi connectivity index (χ3v) is 5.50. The molecule has 7 heteroatoms. The summed E-state index contributed by atoms with van der Waals surface area (Å²) in [6.07, 6.45) is -0.233. The van der Waals surface area contributed by atoms with Gasteiger partial charge in [0.2, 0.25) is 0 Å². The van der Waals surface area contributed by atoms with Crippen molar-refractivity contribution in [1.29, 1.82) is 0 Å². The lowest BCUT2D eigenvalue weighted by Crippen LogP contribution is -2.13. The van der Waals surface area contributed by atoms with Gasteiger partial charge in [0.15, 0.2) is 15.6 Å². The fraction of sp³-hybridized carbons (Fsp3) is 0.188. The molecule has 0 aliphatic carbocycles. The first-order valence-corrected chi connectivity index (χ1v) is 8.75. The number of epoxide rings is 1. The van der Waals surface area contributed by atoms with Gasteiger partial charge in [0.1, 0.15) is 5.75 Å². The van der Waals surface area contributed by atoms with Gasteiger partial charge in [-0.2, -0.15) is 0 Å². The van der Waals surface area contributed by atoms with E-state index in [1.165, 1.54) is 18.2 Å². The van der Waals surface area contributed by atoms with Gasteiger partial charge < -0.3 is 14.8 Å². The van der Waals surface area contributed by atoms with Gasteiger partial charge in [-0.1, -0.05) is 12.1 Å². The van der Waals surface area contributed by atoms with Crippen LogP contribution in [0.1, 0.15) is 10.4 Å². The van der Waals surface area contributed by atoms with Gasteiger partial charge in [0, 0.05) is 6.07 Å². The number of nitrogens with one attached hydrogen (secondary N) is 1. The normalized spacial score (nSPS) is 19.0. The minimum atomic E-state index is -3.47. The molecule has 23 heavy (non-hydrogen) atoms. The van der Waals surface area contributed by atoms with Crippen molar-refractivity contribution in [1.82, 2.24) is 0 Å². The number of hydrogen-bond acceptors (Lipinski definition) is 5. The lowest BCUT2D eigenvalue weighted by molar-refractivity contribution is 0.102. The van der Waals surface area contributed by atoms with E-state index in [-0.39, 0.29) is 28.4 Å². The zero-order valence-electron chi connectivity index (χ0n) is 12.0. The van der Waals surface area contributed by atoms with Crippen LogP contribution in [0.25, 0.3) is 0 Å². The van der Waals surface area contributed by atoms with Crippen LogP contribution >= 0.6 is 0 Å². The molecule has 1 atom stereocenters. The van der Waals surface area contributed by atoms with Crippen molar-refractivity contribution in [2.24, 2.45) is 0 Å². The largest absolute Gasteiger partial charge is 0.454 e. The number of ether oxygens (including phenoxy) is 2. The molecular formula is C16H13NO5S. The molecule has 2 heterocycles. The number of rotatable bonds is 3. The summed E-state index contributed by atoms with van der Waals surface area (Å²) in [6.45, 7) is 0.469. The van der Waals surface area contributed by atoms with Gasteiger partial charge in [-0.3, -0.25) is 4.79 Å². The lowest BCUT2D eigenvalue weighted by Gasteiger charge is -2.09. The number of para-hydroxylation sites is 2. The highest BCUT2D eigenvalue weighted by molar-refractivity contribution is 7.91. The highest BCUT2D eigenvalue weighted by atomic mass is 32.2. The molecule has 2 aliphatic rings. The van der Waals surface area contributed by atoms with Crippen LogP contribution in [0, 0.1) is 0 Å². The van der Waals surface area contributed by atoms with Gasteiger partial charge in [-0.05, 0) is 24.3 Å². The molecule has 6 nitrogen and oxygen atoms in total. The quantitative estimate of drug-likeness (QED) is 0.872. The molecule has 0 spiro atoms. The predicted octanol–water partition coefficient (Wildman–Crippen LogP) is 2.22. The zero-order valence-corrected chi connectivity index (χ0v) is 12.8. The smallest absolute Gasteiger partial charge is 0.259 e. The molecule has 2 aromatic carbocycles. The van der Waals surface area contributed by atoms with Crippen LogP contribution in [0.4, 0.5) is 5.69 Å². The number of sulfone groups is 1. The van der Waals surface area contributed by atoms with E-state index in [0.717, 1.165) is 0 Å². The van der Waals surface area contributed by atoms with Crippen LogP contribution in [0.5, 0.6) is 11.5 Å². The van der Waals surface area contributed by atoms with E-state index in [0.29, 0.717) is 23.6 Å². The molecule has 1 amide bonds. The molecule has 4 rings (SSSR count). The van der Waals surface area contributed by atoms with Crippen LogP contribution in [0.2, 0.25) is 0 Å². The van der Waals surface area contributed by atoms with Crippen LogP contribution in [-0.2, 0) is 14.6 Å². The van der Waals surface area contributed by atoms with Gasteiger partial charge in [0.25, 0.3) is 5.91 Å². The Bertz CT molecular complexity index is 902. The van der Waals surface area contributed by atoms with Crippen molar-refractivity contribution >= 4 is 21.4 Å². The Labute approximate surface area is 133 Å². The Morgan fingerprint density at radius 3 is 2.70 bits per heavy atom. The minimum Gasteiger partial charge on any atom is -0.454 e. The molecule has 1 unspecified atom stereocenters. The number of fused-ring (bicyclic) bond motifs is 2. The Morgan fingerprint density at radius 1 is 1.13 bits per heavy atom. The molecule has 118 valence electrons. The van der Waals surface area contributed by atoms with Gasteiger partial charge >= 0.3 is 0 Å². The number of carbonyl (C=O) groups is 1. The summed E-state index contributed by atoms with van der Waals surface area (Å²) in [6, 6.07) is 11.3. The van der Waals surface area contributed by atoms with E-state index in [1.54, 1.807) is 24.3 Å².